The number of fused-ring (bicyclic) bond motifs is 3. The number of aliphatic hydroxyl groups excluding tert-OH is 1. The lowest BCUT2D eigenvalue weighted by molar-refractivity contribution is -0.118. The Kier molecular flexibility index (Phi) is 3.84. The summed E-state index contributed by atoms with van der Waals surface area (Å²) in [5.74, 6) is 0.289. The number of hydrogen-bond acceptors (Lipinski definition) is 3. The van der Waals surface area contributed by atoms with E-state index in [1.165, 1.54) is 16.8 Å². The number of hydrogen-bond donors (Lipinski definition) is 1. The predicted octanol–water partition coefficient (Wildman–Crippen LogP) is 3.57. The second-order valence-corrected chi connectivity index (χ2v) is 8.17. The lowest BCUT2D eigenvalue weighted by atomic mass is 9.58. The van der Waals surface area contributed by atoms with Gasteiger partial charge in [0.25, 0.3) is 0 Å². The topological polar surface area (TPSA) is 55.1 Å². The van der Waals surface area contributed by atoms with Gasteiger partial charge in [-0.2, -0.15) is 5.10 Å². The van der Waals surface area contributed by atoms with Crippen LogP contribution in [-0.2, 0) is 23.7 Å². The van der Waals surface area contributed by atoms with Crippen molar-refractivity contribution in [2.75, 3.05) is 0 Å². The Hall–Kier alpha value is -1.93. The van der Waals surface area contributed by atoms with Crippen LogP contribution in [0.5, 0.6) is 0 Å². The van der Waals surface area contributed by atoms with Crippen LogP contribution in [0.1, 0.15) is 31.0 Å². The van der Waals surface area contributed by atoms with Gasteiger partial charge in [-0.3, -0.25) is 9.48 Å². The van der Waals surface area contributed by atoms with E-state index in [1.54, 1.807) is 0 Å². The van der Waals surface area contributed by atoms with Gasteiger partial charge in [-0.05, 0) is 25.2 Å². The minimum atomic E-state index is -0.229. The first-order valence-electron chi connectivity index (χ1n) is 8.72. The average Bonchev–Trinajstić information content (AvgIpc) is 2.96. The van der Waals surface area contributed by atoms with E-state index < -0.39 is 0 Å². The van der Waals surface area contributed by atoms with Crippen molar-refractivity contribution >= 4 is 15.0 Å². The number of Topliss-reactive ketones (excluding diaryl/α,β-unsaturated/α-hetero) is 1. The molecule has 1 aromatic heterocycles. The number of aliphatic hydroxyl groups is 1. The van der Waals surface area contributed by atoms with Crippen molar-refractivity contribution in [3.63, 3.8) is 0 Å². The molecule has 130 valence electrons. The van der Waals surface area contributed by atoms with Crippen LogP contribution in [0.3, 0.4) is 0 Å². The molecular formula is C20H23N2O2P. The number of benzene rings is 1. The van der Waals surface area contributed by atoms with Crippen LogP contribution in [0.25, 0.3) is 11.3 Å². The van der Waals surface area contributed by atoms with Gasteiger partial charge in [0.2, 0.25) is 0 Å². The molecule has 0 radical (unpaired) electrons. The highest BCUT2D eigenvalue weighted by molar-refractivity contribution is 7.19. The van der Waals surface area contributed by atoms with Crippen molar-refractivity contribution in [2.45, 2.75) is 37.3 Å². The van der Waals surface area contributed by atoms with E-state index >= 15 is 0 Å². The van der Waals surface area contributed by atoms with Crippen LogP contribution in [0.4, 0.5) is 0 Å². The number of rotatable bonds is 1. The van der Waals surface area contributed by atoms with Crippen molar-refractivity contribution in [2.24, 2.45) is 13.0 Å². The molecule has 0 bridgehead atoms. The zero-order valence-corrected chi connectivity index (χ0v) is 15.7. The van der Waals surface area contributed by atoms with E-state index in [0.29, 0.717) is 12.0 Å². The Morgan fingerprint density at radius 3 is 2.76 bits per heavy atom. The van der Waals surface area contributed by atoms with Gasteiger partial charge in [0, 0.05) is 34.8 Å². The summed E-state index contributed by atoms with van der Waals surface area (Å²) in [7, 11) is 4.70. The van der Waals surface area contributed by atoms with E-state index in [-0.39, 0.29) is 22.8 Å². The molecule has 4 nitrogen and oxygen atoms in total. The second-order valence-electron chi connectivity index (χ2n) is 7.45. The lowest BCUT2D eigenvalue weighted by Crippen LogP contribution is -2.49. The maximum atomic E-state index is 12.5. The van der Waals surface area contributed by atoms with E-state index in [0.717, 1.165) is 24.8 Å². The summed E-state index contributed by atoms with van der Waals surface area (Å²) < 4.78 is 1.98. The Labute approximate surface area is 150 Å². The van der Waals surface area contributed by atoms with Gasteiger partial charge in [-0.1, -0.05) is 37.3 Å². The monoisotopic (exact) mass is 354 g/mol. The molecule has 0 aliphatic heterocycles. The number of carbonyl (C=O) groups excluding carboxylic acids is 1. The average molecular weight is 354 g/mol. The number of aryl methyl sites for hydroxylation is 1. The van der Waals surface area contributed by atoms with E-state index in [1.807, 2.05) is 29.9 Å². The van der Waals surface area contributed by atoms with Crippen LogP contribution in [0.2, 0.25) is 0 Å². The summed E-state index contributed by atoms with van der Waals surface area (Å²) in [6, 6.07) is 10.4. The quantitative estimate of drug-likeness (QED) is 0.484. The fraction of sp³-hybridized carbons (Fsp3) is 0.400. The third-order valence-corrected chi connectivity index (χ3v) is 6.79. The minimum absolute atomic E-state index is 0.0534. The molecule has 5 heteroatoms. The summed E-state index contributed by atoms with van der Waals surface area (Å²) in [6.45, 7) is 2.20. The Morgan fingerprint density at radius 2 is 2.08 bits per heavy atom. The maximum absolute atomic E-state index is 12.5. The summed E-state index contributed by atoms with van der Waals surface area (Å²) >= 11 is 0. The van der Waals surface area contributed by atoms with Crippen molar-refractivity contribution in [3.8, 4) is 11.3 Å². The van der Waals surface area contributed by atoms with Gasteiger partial charge in [-0.25, -0.2) is 0 Å². The zero-order chi connectivity index (χ0) is 17.8. The number of aromatic nitrogens is 2. The molecule has 1 N–H and O–H groups in total. The first-order chi connectivity index (χ1) is 12.0. The molecule has 2 aromatic rings. The van der Waals surface area contributed by atoms with Crippen LogP contribution < -0.4 is 0 Å². The summed E-state index contributed by atoms with van der Waals surface area (Å²) in [5.41, 5.74) is 4.84. The summed E-state index contributed by atoms with van der Waals surface area (Å²) in [6.07, 6.45) is 3.45. The molecule has 4 rings (SSSR count). The first kappa shape index (κ1) is 16.5. The van der Waals surface area contributed by atoms with Crippen LogP contribution in [-0.4, -0.2) is 26.3 Å². The highest BCUT2D eigenvalue weighted by Gasteiger charge is 2.52. The van der Waals surface area contributed by atoms with Gasteiger partial charge in [0.15, 0.2) is 5.78 Å². The first-order valence-corrected chi connectivity index (χ1v) is 9.39. The predicted molar refractivity (Wildman–Crippen MR) is 102 cm³/mol. The number of ketones is 1. The Bertz CT molecular complexity index is 871. The van der Waals surface area contributed by atoms with Crippen molar-refractivity contribution in [3.05, 3.63) is 53.4 Å². The van der Waals surface area contributed by atoms with Gasteiger partial charge in [-0.15, -0.1) is 9.24 Å². The highest BCUT2D eigenvalue weighted by atomic mass is 31.0. The molecule has 4 atom stereocenters. The van der Waals surface area contributed by atoms with Gasteiger partial charge >= 0.3 is 0 Å². The fourth-order valence-corrected chi connectivity index (χ4v) is 5.63. The van der Waals surface area contributed by atoms with Crippen LogP contribution >= 0.6 is 9.24 Å². The van der Waals surface area contributed by atoms with E-state index in [9.17, 15) is 9.90 Å². The van der Waals surface area contributed by atoms with E-state index in [4.69, 9.17) is 5.10 Å². The van der Waals surface area contributed by atoms with Crippen molar-refractivity contribution in [1.82, 2.24) is 9.78 Å². The molecule has 25 heavy (non-hydrogen) atoms. The summed E-state index contributed by atoms with van der Waals surface area (Å²) in [5, 5.41) is 14.5. The standard InChI is InChI=1S/C20H23N2O2P/c1-20-10-13(11-23)17(24)18(25)15(20)9-8-14-16(22(2)21-19(14)20)12-6-4-3-5-7-12/h3-7,11,15,18,23H,8-10,25H2,1-2H3/b13-11-/t15-,18-,20-/m0/s1. The largest absolute Gasteiger partial charge is 0.515 e. The lowest BCUT2D eigenvalue weighted by Gasteiger charge is -2.47. The second kappa shape index (κ2) is 5.81. The van der Waals surface area contributed by atoms with Gasteiger partial charge in [0.05, 0.1) is 17.6 Å². The highest BCUT2D eigenvalue weighted by Crippen LogP contribution is 2.53. The van der Waals surface area contributed by atoms with Crippen LogP contribution in [0.15, 0.2) is 42.2 Å². The molecule has 0 saturated heterocycles. The molecule has 1 fully saturated rings. The number of allylic oxidation sites excluding steroid dienone is 1. The minimum Gasteiger partial charge on any atom is -0.515 e. The molecule has 0 spiro atoms. The summed E-state index contributed by atoms with van der Waals surface area (Å²) in [4.78, 5) is 12.5. The molecule has 1 saturated carbocycles. The third-order valence-electron chi connectivity index (χ3n) is 6.02. The maximum Gasteiger partial charge on any atom is 0.169 e. The molecule has 2 aliphatic rings. The molecule has 0 amide bonds. The Balaban J connectivity index is 1.88. The normalized spacial score (nSPS) is 30.2. The molecular weight excluding hydrogens is 331 g/mol. The number of nitrogens with zero attached hydrogens (tertiary/aromatic N) is 2. The van der Waals surface area contributed by atoms with E-state index in [2.05, 4.69) is 28.3 Å². The third kappa shape index (κ3) is 2.31. The molecule has 1 unspecified atom stereocenters. The molecule has 1 heterocycles. The fourth-order valence-electron chi connectivity index (χ4n) is 4.79. The van der Waals surface area contributed by atoms with Crippen LogP contribution in [0, 0.1) is 5.92 Å². The van der Waals surface area contributed by atoms with Gasteiger partial charge < -0.3 is 5.11 Å². The smallest absolute Gasteiger partial charge is 0.169 e. The SMILES string of the molecule is Cn1nc2c(c1-c1ccccc1)CC[C@H]1[C@H](P)C(=O)/C(=C\O)C[C@]21C. The molecule has 1 aromatic carbocycles. The molecule has 2 aliphatic carbocycles. The van der Waals surface area contributed by atoms with Crippen molar-refractivity contribution in [1.29, 1.82) is 0 Å². The zero-order valence-electron chi connectivity index (χ0n) is 14.6. The van der Waals surface area contributed by atoms with Crippen molar-refractivity contribution < 1.29 is 9.90 Å². The van der Waals surface area contributed by atoms with Gasteiger partial charge in [0.1, 0.15) is 0 Å². The number of carbonyl (C=O) groups is 1. The Morgan fingerprint density at radius 1 is 1.36 bits per heavy atom.